The minimum absolute atomic E-state index is 0.274. The molecule has 0 aliphatic rings. The number of aryl methyl sites for hydroxylation is 1. The molecule has 0 fully saturated rings. The monoisotopic (exact) mass is 253 g/mol. The van der Waals surface area contributed by atoms with E-state index in [0.29, 0.717) is 12.4 Å². The molecule has 1 aromatic rings. The molecular weight excluding hydrogens is 230 g/mol. The highest BCUT2D eigenvalue weighted by Crippen LogP contribution is 2.07. The summed E-state index contributed by atoms with van der Waals surface area (Å²) in [5.74, 6) is 6.77. The van der Waals surface area contributed by atoms with Crippen LogP contribution in [0, 0.1) is 6.92 Å². The zero-order valence-corrected chi connectivity index (χ0v) is 11.2. The Bertz CT molecular complexity index is 358. The largest absolute Gasteiger partial charge is 0.396 e. The van der Waals surface area contributed by atoms with Crippen molar-refractivity contribution in [2.24, 2.45) is 5.84 Å². The predicted molar refractivity (Wildman–Crippen MR) is 71.8 cm³/mol. The Morgan fingerprint density at radius 2 is 2.11 bits per heavy atom. The van der Waals surface area contributed by atoms with Crippen molar-refractivity contribution in [1.82, 2.24) is 14.9 Å². The van der Waals surface area contributed by atoms with E-state index in [9.17, 15) is 0 Å². The lowest BCUT2D eigenvalue weighted by molar-refractivity contribution is 0.269. The Morgan fingerprint density at radius 3 is 2.78 bits per heavy atom. The zero-order valence-electron chi connectivity index (χ0n) is 11.2. The number of unbranched alkanes of at least 4 members (excludes halogenated alkanes) is 2. The molecule has 4 N–H and O–H groups in total. The SMILES string of the molecule is Cc1cc(NN)nc(CN(C)CCCCCO)n1. The molecule has 0 amide bonds. The first-order valence-corrected chi connectivity index (χ1v) is 6.26. The third kappa shape index (κ3) is 5.39. The summed E-state index contributed by atoms with van der Waals surface area (Å²) in [6.07, 6.45) is 2.99. The maximum Gasteiger partial charge on any atom is 0.144 e. The molecule has 1 aromatic heterocycles. The number of hydrogen-bond acceptors (Lipinski definition) is 6. The van der Waals surface area contributed by atoms with E-state index >= 15 is 0 Å². The van der Waals surface area contributed by atoms with Crippen LogP contribution in [0.3, 0.4) is 0 Å². The second kappa shape index (κ2) is 7.97. The standard InChI is InChI=1S/C12H23N5O/c1-10-8-11(16-13)15-12(14-10)9-17(2)6-4-3-5-7-18/h8,18H,3-7,9,13H2,1-2H3,(H,14,15,16). The maximum atomic E-state index is 8.70. The quantitative estimate of drug-likeness (QED) is 0.358. The highest BCUT2D eigenvalue weighted by atomic mass is 16.2. The van der Waals surface area contributed by atoms with Crippen molar-refractivity contribution in [2.45, 2.75) is 32.7 Å². The molecule has 0 atom stereocenters. The molecule has 6 nitrogen and oxygen atoms in total. The summed E-state index contributed by atoms with van der Waals surface area (Å²) < 4.78 is 0. The van der Waals surface area contributed by atoms with Gasteiger partial charge in [-0.05, 0) is 39.8 Å². The van der Waals surface area contributed by atoms with Crippen LogP contribution in [0.1, 0.15) is 30.8 Å². The summed E-state index contributed by atoms with van der Waals surface area (Å²) in [7, 11) is 2.04. The number of anilines is 1. The number of nitrogens with zero attached hydrogens (tertiary/aromatic N) is 3. The van der Waals surface area contributed by atoms with Gasteiger partial charge in [0, 0.05) is 18.4 Å². The lowest BCUT2D eigenvalue weighted by atomic mass is 10.2. The van der Waals surface area contributed by atoms with Crippen LogP contribution in [0.2, 0.25) is 0 Å². The molecule has 0 bridgehead atoms. The fourth-order valence-electron chi connectivity index (χ4n) is 1.77. The smallest absolute Gasteiger partial charge is 0.144 e. The Kier molecular flexibility index (Phi) is 6.56. The molecule has 0 spiro atoms. The number of nitrogen functional groups attached to an aromatic ring is 1. The Labute approximate surface area is 108 Å². The third-order valence-corrected chi connectivity index (χ3v) is 2.66. The fraction of sp³-hybridized carbons (Fsp3) is 0.667. The van der Waals surface area contributed by atoms with Crippen LogP contribution in [-0.4, -0.2) is 40.2 Å². The molecule has 0 radical (unpaired) electrons. The summed E-state index contributed by atoms with van der Waals surface area (Å²) in [5, 5.41) is 8.70. The van der Waals surface area contributed by atoms with Crippen LogP contribution in [0.25, 0.3) is 0 Å². The number of aliphatic hydroxyl groups excluding tert-OH is 1. The first-order valence-electron chi connectivity index (χ1n) is 6.26. The zero-order chi connectivity index (χ0) is 13.4. The number of hydrazine groups is 1. The van der Waals surface area contributed by atoms with Gasteiger partial charge in [0.05, 0.1) is 6.54 Å². The summed E-state index contributed by atoms with van der Waals surface area (Å²) in [4.78, 5) is 10.9. The molecule has 0 aliphatic carbocycles. The van der Waals surface area contributed by atoms with Gasteiger partial charge in [-0.3, -0.25) is 4.90 Å². The molecule has 0 saturated carbocycles. The Balaban J connectivity index is 2.43. The molecule has 0 unspecified atom stereocenters. The van der Waals surface area contributed by atoms with Gasteiger partial charge in [0.1, 0.15) is 11.6 Å². The van der Waals surface area contributed by atoms with E-state index in [4.69, 9.17) is 10.9 Å². The lowest BCUT2D eigenvalue weighted by Gasteiger charge is -2.16. The molecule has 0 saturated heterocycles. The van der Waals surface area contributed by atoms with Crippen LogP contribution in [0.4, 0.5) is 5.82 Å². The van der Waals surface area contributed by atoms with Gasteiger partial charge in [-0.25, -0.2) is 15.8 Å². The molecule has 102 valence electrons. The van der Waals surface area contributed by atoms with Crippen molar-refractivity contribution in [1.29, 1.82) is 0 Å². The van der Waals surface area contributed by atoms with Gasteiger partial charge in [0.2, 0.25) is 0 Å². The van der Waals surface area contributed by atoms with Crippen molar-refractivity contribution in [3.8, 4) is 0 Å². The number of rotatable bonds is 8. The molecule has 0 aromatic carbocycles. The molecule has 6 heteroatoms. The summed E-state index contributed by atoms with van der Waals surface area (Å²) >= 11 is 0. The first-order chi connectivity index (χ1) is 8.65. The van der Waals surface area contributed by atoms with Gasteiger partial charge in [0.15, 0.2) is 0 Å². The van der Waals surface area contributed by atoms with E-state index in [-0.39, 0.29) is 6.61 Å². The van der Waals surface area contributed by atoms with Gasteiger partial charge in [-0.15, -0.1) is 0 Å². The Hall–Kier alpha value is -1.24. The number of aliphatic hydroxyl groups is 1. The minimum atomic E-state index is 0.274. The van der Waals surface area contributed by atoms with Crippen LogP contribution in [0.15, 0.2) is 6.07 Å². The Morgan fingerprint density at radius 1 is 1.33 bits per heavy atom. The molecule has 1 heterocycles. The van der Waals surface area contributed by atoms with Crippen LogP contribution >= 0.6 is 0 Å². The predicted octanol–water partition coefficient (Wildman–Crippen LogP) is 0.665. The average molecular weight is 253 g/mol. The fourth-order valence-corrected chi connectivity index (χ4v) is 1.77. The highest BCUT2D eigenvalue weighted by molar-refractivity contribution is 5.33. The normalized spacial score (nSPS) is 10.9. The van der Waals surface area contributed by atoms with Crippen molar-refractivity contribution >= 4 is 5.82 Å². The summed E-state index contributed by atoms with van der Waals surface area (Å²) in [5.41, 5.74) is 3.45. The first kappa shape index (κ1) is 14.8. The number of hydrogen-bond donors (Lipinski definition) is 3. The van der Waals surface area contributed by atoms with E-state index in [0.717, 1.165) is 37.3 Å². The van der Waals surface area contributed by atoms with E-state index in [2.05, 4.69) is 20.3 Å². The summed E-state index contributed by atoms with van der Waals surface area (Å²) in [6.45, 7) is 3.88. The van der Waals surface area contributed by atoms with Gasteiger partial charge in [-0.1, -0.05) is 0 Å². The van der Waals surface area contributed by atoms with Crippen molar-refractivity contribution in [3.05, 3.63) is 17.6 Å². The third-order valence-electron chi connectivity index (χ3n) is 2.66. The molecule has 1 rings (SSSR count). The van der Waals surface area contributed by atoms with Gasteiger partial charge >= 0.3 is 0 Å². The second-order valence-electron chi connectivity index (χ2n) is 4.48. The van der Waals surface area contributed by atoms with Gasteiger partial charge in [-0.2, -0.15) is 0 Å². The summed E-state index contributed by atoms with van der Waals surface area (Å²) in [6, 6.07) is 1.81. The lowest BCUT2D eigenvalue weighted by Crippen LogP contribution is -2.21. The van der Waals surface area contributed by atoms with E-state index < -0.39 is 0 Å². The number of nitrogens with one attached hydrogen (secondary N) is 1. The number of aromatic nitrogens is 2. The van der Waals surface area contributed by atoms with Gasteiger partial charge in [0.25, 0.3) is 0 Å². The average Bonchev–Trinajstić information content (AvgIpc) is 2.34. The van der Waals surface area contributed by atoms with Crippen molar-refractivity contribution < 1.29 is 5.11 Å². The highest BCUT2D eigenvalue weighted by Gasteiger charge is 2.05. The minimum Gasteiger partial charge on any atom is -0.396 e. The van der Waals surface area contributed by atoms with Crippen LogP contribution in [-0.2, 0) is 6.54 Å². The second-order valence-corrected chi connectivity index (χ2v) is 4.48. The number of nitrogens with two attached hydrogens (primary N) is 1. The van der Waals surface area contributed by atoms with Crippen molar-refractivity contribution in [2.75, 3.05) is 25.6 Å². The van der Waals surface area contributed by atoms with Crippen LogP contribution < -0.4 is 11.3 Å². The van der Waals surface area contributed by atoms with E-state index in [1.165, 1.54) is 0 Å². The molecule has 0 aliphatic heterocycles. The van der Waals surface area contributed by atoms with Crippen LogP contribution in [0.5, 0.6) is 0 Å². The molecule has 18 heavy (non-hydrogen) atoms. The van der Waals surface area contributed by atoms with E-state index in [1.807, 2.05) is 20.0 Å². The maximum absolute atomic E-state index is 8.70. The van der Waals surface area contributed by atoms with Gasteiger partial charge < -0.3 is 10.5 Å². The molecular formula is C12H23N5O. The van der Waals surface area contributed by atoms with Crippen molar-refractivity contribution in [3.63, 3.8) is 0 Å². The van der Waals surface area contributed by atoms with E-state index in [1.54, 1.807) is 0 Å². The topological polar surface area (TPSA) is 87.3 Å².